The van der Waals surface area contributed by atoms with Crippen LogP contribution in [0.2, 0.25) is 0 Å². The molecule has 0 bridgehead atoms. The SMILES string of the molecule is CCC(C)Nc1ccc(C(=O)Nc2ccc(OCc3ccccc3)cc2)cn1. The summed E-state index contributed by atoms with van der Waals surface area (Å²) in [4.78, 5) is 16.7. The first kappa shape index (κ1) is 19.4. The van der Waals surface area contributed by atoms with E-state index in [2.05, 4.69) is 29.5 Å². The van der Waals surface area contributed by atoms with Crippen molar-refractivity contribution < 1.29 is 9.53 Å². The molecule has 2 N–H and O–H groups in total. The molecule has 0 aliphatic carbocycles. The van der Waals surface area contributed by atoms with Crippen LogP contribution in [0.25, 0.3) is 0 Å². The van der Waals surface area contributed by atoms with Gasteiger partial charge in [-0.05, 0) is 55.3 Å². The number of hydrogen-bond acceptors (Lipinski definition) is 4. The zero-order valence-corrected chi connectivity index (χ0v) is 16.2. The number of nitrogens with zero attached hydrogens (tertiary/aromatic N) is 1. The van der Waals surface area contributed by atoms with Crippen LogP contribution in [0.15, 0.2) is 72.9 Å². The van der Waals surface area contributed by atoms with Gasteiger partial charge in [-0.1, -0.05) is 37.3 Å². The summed E-state index contributed by atoms with van der Waals surface area (Å²) < 4.78 is 5.76. The van der Waals surface area contributed by atoms with Crippen LogP contribution in [0.3, 0.4) is 0 Å². The van der Waals surface area contributed by atoms with Crippen molar-refractivity contribution in [2.75, 3.05) is 10.6 Å². The highest BCUT2D eigenvalue weighted by atomic mass is 16.5. The minimum absolute atomic E-state index is 0.194. The smallest absolute Gasteiger partial charge is 0.257 e. The molecule has 0 aliphatic heterocycles. The summed E-state index contributed by atoms with van der Waals surface area (Å²) in [7, 11) is 0. The minimum Gasteiger partial charge on any atom is -0.489 e. The Bertz CT molecular complexity index is 878. The van der Waals surface area contributed by atoms with E-state index in [0.717, 1.165) is 23.6 Å². The molecule has 0 saturated carbocycles. The number of pyridine rings is 1. The maximum atomic E-state index is 12.4. The fraction of sp³-hybridized carbons (Fsp3) is 0.217. The summed E-state index contributed by atoms with van der Waals surface area (Å²) in [5.74, 6) is 1.33. The molecule has 5 nitrogen and oxygen atoms in total. The standard InChI is InChI=1S/C23H25N3O2/c1-3-17(2)25-22-14-9-19(15-24-22)23(27)26-20-10-12-21(13-11-20)28-16-18-7-5-4-6-8-18/h4-15,17H,3,16H2,1-2H3,(H,24,25)(H,26,27). The number of carbonyl (C=O) groups is 1. The summed E-state index contributed by atoms with van der Waals surface area (Å²) >= 11 is 0. The van der Waals surface area contributed by atoms with E-state index in [0.29, 0.717) is 23.9 Å². The minimum atomic E-state index is -0.194. The number of nitrogens with one attached hydrogen (secondary N) is 2. The molecule has 1 aromatic heterocycles. The van der Waals surface area contributed by atoms with Crippen LogP contribution in [0.5, 0.6) is 5.75 Å². The Kier molecular flexibility index (Phi) is 6.63. The van der Waals surface area contributed by atoms with Gasteiger partial charge in [-0.25, -0.2) is 4.98 Å². The number of aromatic nitrogens is 1. The Balaban J connectivity index is 1.54. The van der Waals surface area contributed by atoms with E-state index in [9.17, 15) is 4.79 Å². The summed E-state index contributed by atoms with van der Waals surface area (Å²) in [6.45, 7) is 4.71. The van der Waals surface area contributed by atoms with E-state index in [-0.39, 0.29) is 5.91 Å². The van der Waals surface area contributed by atoms with E-state index >= 15 is 0 Å². The molecule has 0 radical (unpaired) electrons. The van der Waals surface area contributed by atoms with E-state index in [1.54, 1.807) is 12.3 Å². The molecule has 1 heterocycles. The number of carbonyl (C=O) groups excluding carboxylic acids is 1. The van der Waals surface area contributed by atoms with E-state index in [1.165, 1.54) is 0 Å². The lowest BCUT2D eigenvalue weighted by molar-refractivity contribution is 0.102. The maximum Gasteiger partial charge on any atom is 0.257 e. The van der Waals surface area contributed by atoms with Crippen LogP contribution in [-0.2, 0) is 6.61 Å². The molecule has 28 heavy (non-hydrogen) atoms. The Hall–Kier alpha value is -3.34. The van der Waals surface area contributed by atoms with Gasteiger partial charge in [0.2, 0.25) is 0 Å². The number of rotatable bonds is 8. The average Bonchev–Trinajstić information content (AvgIpc) is 2.74. The van der Waals surface area contributed by atoms with Crippen molar-refractivity contribution in [3.05, 3.63) is 84.1 Å². The zero-order valence-electron chi connectivity index (χ0n) is 16.2. The molecule has 144 valence electrons. The highest BCUT2D eigenvalue weighted by Gasteiger charge is 2.08. The van der Waals surface area contributed by atoms with E-state index in [4.69, 9.17) is 4.74 Å². The largest absolute Gasteiger partial charge is 0.489 e. The lowest BCUT2D eigenvalue weighted by Gasteiger charge is -2.12. The van der Waals surface area contributed by atoms with Crippen molar-refractivity contribution in [1.29, 1.82) is 0 Å². The summed E-state index contributed by atoms with van der Waals surface area (Å²) in [6, 6.07) is 21.3. The molecule has 1 atom stereocenters. The normalized spacial score (nSPS) is 11.5. The first-order chi connectivity index (χ1) is 13.6. The second-order valence-electron chi connectivity index (χ2n) is 6.64. The third-order valence-corrected chi connectivity index (χ3v) is 4.39. The molecule has 5 heteroatoms. The topological polar surface area (TPSA) is 63.2 Å². The van der Waals surface area contributed by atoms with E-state index in [1.807, 2.05) is 60.7 Å². The number of anilines is 2. The molecule has 3 rings (SSSR count). The lowest BCUT2D eigenvalue weighted by atomic mass is 10.2. The molecule has 0 spiro atoms. The molecule has 0 saturated heterocycles. The van der Waals surface area contributed by atoms with Gasteiger partial charge in [-0.15, -0.1) is 0 Å². The summed E-state index contributed by atoms with van der Waals surface area (Å²) in [6.07, 6.45) is 2.59. The number of amides is 1. The summed E-state index contributed by atoms with van der Waals surface area (Å²) in [5.41, 5.74) is 2.33. The van der Waals surface area contributed by atoms with Gasteiger partial charge in [0.25, 0.3) is 5.91 Å². The van der Waals surface area contributed by atoms with Gasteiger partial charge in [-0.3, -0.25) is 4.79 Å². The van der Waals surface area contributed by atoms with Crippen LogP contribution < -0.4 is 15.4 Å². The van der Waals surface area contributed by atoms with Crippen LogP contribution >= 0.6 is 0 Å². The van der Waals surface area contributed by atoms with Gasteiger partial charge in [0, 0.05) is 17.9 Å². The number of ether oxygens (including phenoxy) is 1. The molecule has 0 aliphatic rings. The molecule has 1 amide bonds. The van der Waals surface area contributed by atoms with Gasteiger partial charge >= 0.3 is 0 Å². The molecule has 3 aromatic rings. The van der Waals surface area contributed by atoms with Crippen molar-refractivity contribution in [3.8, 4) is 5.75 Å². The zero-order chi connectivity index (χ0) is 19.8. The Morgan fingerprint density at radius 1 is 1.04 bits per heavy atom. The van der Waals surface area contributed by atoms with Gasteiger partial charge in [0.15, 0.2) is 0 Å². The fourth-order valence-electron chi connectivity index (χ4n) is 2.55. The predicted octanol–water partition coefficient (Wildman–Crippen LogP) is 5.12. The summed E-state index contributed by atoms with van der Waals surface area (Å²) in [5, 5.41) is 6.16. The van der Waals surface area contributed by atoms with Crippen molar-refractivity contribution in [1.82, 2.24) is 4.98 Å². The second-order valence-corrected chi connectivity index (χ2v) is 6.64. The highest BCUT2D eigenvalue weighted by molar-refractivity contribution is 6.04. The monoisotopic (exact) mass is 375 g/mol. The Morgan fingerprint density at radius 2 is 1.79 bits per heavy atom. The van der Waals surface area contributed by atoms with Crippen LogP contribution in [0, 0.1) is 0 Å². The third-order valence-electron chi connectivity index (χ3n) is 4.39. The quantitative estimate of drug-likeness (QED) is 0.573. The van der Waals surface area contributed by atoms with Crippen LogP contribution in [-0.4, -0.2) is 16.9 Å². The van der Waals surface area contributed by atoms with Gasteiger partial charge in [0.05, 0.1) is 5.56 Å². The molecular formula is C23H25N3O2. The van der Waals surface area contributed by atoms with Crippen molar-refractivity contribution in [2.24, 2.45) is 0 Å². The highest BCUT2D eigenvalue weighted by Crippen LogP contribution is 2.18. The van der Waals surface area contributed by atoms with Gasteiger partial charge < -0.3 is 15.4 Å². The molecule has 2 aromatic carbocycles. The maximum absolute atomic E-state index is 12.4. The fourth-order valence-corrected chi connectivity index (χ4v) is 2.55. The van der Waals surface area contributed by atoms with Crippen molar-refractivity contribution >= 4 is 17.4 Å². The van der Waals surface area contributed by atoms with Crippen LogP contribution in [0.4, 0.5) is 11.5 Å². The van der Waals surface area contributed by atoms with E-state index < -0.39 is 0 Å². The van der Waals surface area contributed by atoms with Crippen molar-refractivity contribution in [2.45, 2.75) is 32.9 Å². The molecule has 0 fully saturated rings. The second kappa shape index (κ2) is 9.55. The molecular weight excluding hydrogens is 350 g/mol. The number of hydrogen-bond donors (Lipinski definition) is 2. The first-order valence-electron chi connectivity index (χ1n) is 9.45. The van der Waals surface area contributed by atoms with Crippen molar-refractivity contribution in [3.63, 3.8) is 0 Å². The predicted molar refractivity (Wildman–Crippen MR) is 113 cm³/mol. The average molecular weight is 375 g/mol. The lowest BCUT2D eigenvalue weighted by Crippen LogP contribution is -2.15. The van der Waals surface area contributed by atoms with Crippen LogP contribution in [0.1, 0.15) is 36.2 Å². The van der Waals surface area contributed by atoms with Gasteiger partial charge in [-0.2, -0.15) is 0 Å². The Labute approximate surface area is 165 Å². The number of benzene rings is 2. The first-order valence-corrected chi connectivity index (χ1v) is 9.45. The Morgan fingerprint density at radius 3 is 2.43 bits per heavy atom. The molecule has 1 unspecified atom stereocenters. The van der Waals surface area contributed by atoms with Gasteiger partial charge in [0.1, 0.15) is 18.2 Å². The third kappa shape index (κ3) is 5.58.